The first-order valence-electron chi connectivity index (χ1n) is 5.21. The second-order valence-electron chi connectivity index (χ2n) is 3.63. The standard InChI is InChI=1S/C12H13BrN2OS/c1-8-7-17-12(15-8)6-16-11-3-2-10(13)4-9(11)5-14/h2-4,7H,5-6,14H2,1H3. The predicted molar refractivity (Wildman–Crippen MR) is 73.2 cm³/mol. The van der Waals surface area contributed by atoms with E-state index < -0.39 is 0 Å². The van der Waals surface area contributed by atoms with E-state index in [1.807, 2.05) is 30.5 Å². The van der Waals surface area contributed by atoms with Crippen molar-refractivity contribution in [1.29, 1.82) is 0 Å². The molecule has 17 heavy (non-hydrogen) atoms. The van der Waals surface area contributed by atoms with Crippen molar-refractivity contribution in [2.75, 3.05) is 0 Å². The first-order valence-corrected chi connectivity index (χ1v) is 6.88. The normalized spacial score (nSPS) is 10.5. The number of thiazole rings is 1. The van der Waals surface area contributed by atoms with Gasteiger partial charge in [-0.15, -0.1) is 11.3 Å². The number of hydrogen-bond donors (Lipinski definition) is 1. The highest BCUT2D eigenvalue weighted by Crippen LogP contribution is 2.24. The van der Waals surface area contributed by atoms with Crippen LogP contribution in [0.5, 0.6) is 5.75 Å². The Bertz CT molecular complexity index is 513. The minimum atomic E-state index is 0.464. The largest absolute Gasteiger partial charge is 0.486 e. The maximum atomic E-state index is 5.73. The Morgan fingerprint density at radius 1 is 1.47 bits per heavy atom. The molecule has 0 aliphatic heterocycles. The van der Waals surface area contributed by atoms with Gasteiger partial charge >= 0.3 is 0 Å². The number of benzene rings is 1. The fourth-order valence-corrected chi connectivity index (χ4v) is 2.55. The number of hydrogen-bond acceptors (Lipinski definition) is 4. The molecule has 0 bridgehead atoms. The van der Waals surface area contributed by atoms with Gasteiger partial charge in [0.15, 0.2) is 0 Å². The minimum absolute atomic E-state index is 0.464. The van der Waals surface area contributed by atoms with Crippen LogP contribution in [-0.4, -0.2) is 4.98 Å². The van der Waals surface area contributed by atoms with E-state index in [4.69, 9.17) is 10.5 Å². The topological polar surface area (TPSA) is 48.1 Å². The summed E-state index contributed by atoms with van der Waals surface area (Å²) in [7, 11) is 0. The molecule has 0 amide bonds. The molecule has 0 saturated carbocycles. The van der Waals surface area contributed by atoms with Crippen molar-refractivity contribution in [3.05, 3.63) is 44.3 Å². The zero-order valence-corrected chi connectivity index (χ0v) is 11.8. The van der Waals surface area contributed by atoms with Crippen LogP contribution in [0.3, 0.4) is 0 Å². The maximum absolute atomic E-state index is 5.73. The molecule has 90 valence electrons. The predicted octanol–water partition coefficient (Wildman–Crippen LogP) is 3.25. The van der Waals surface area contributed by atoms with Crippen molar-refractivity contribution in [3.63, 3.8) is 0 Å². The number of ether oxygens (including phenoxy) is 1. The highest BCUT2D eigenvalue weighted by atomic mass is 79.9. The number of nitrogens with two attached hydrogens (primary N) is 1. The van der Waals surface area contributed by atoms with E-state index in [2.05, 4.69) is 20.9 Å². The zero-order valence-electron chi connectivity index (χ0n) is 9.44. The summed E-state index contributed by atoms with van der Waals surface area (Å²) >= 11 is 5.02. The molecule has 2 aromatic rings. The van der Waals surface area contributed by atoms with Gasteiger partial charge in [0, 0.05) is 27.7 Å². The molecule has 5 heteroatoms. The molecule has 0 saturated heterocycles. The first kappa shape index (κ1) is 12.5. The number of nitrogens with zero attached hydrogens (tertiary/aromatic N) is 1. The second kappa shape index (κ2) is 5.62. The van der Waals surface area contributed by atoms with E-state index >= 15 is 0 Å². The van der Waals surface area contributed by atoms with Crippen LogP contribution in [0, 0.1) is 6.92 Å². The van der Waals surface area contributed by atoms with Crippen LogP contribution in [0.15, 0.2) is 28.1 Å². The maximum Gasteiger partial charge on any atom is 0.140 e. The lowest BCUT2D eigenvalue weighted by atomic mass is 10.2. The van der Waals surface area contributed by atoms with E-state index in [1.165, 1.54) is 0 Å². The van der Waals surface area contributed by atoms with Crippen LogP contribution in [0.1, 0.15) is 16.3 Å². The highest BCUT2D eigenvalue weighted by Gasteiger charge is 2.05. The van der Waals surface area contributed by atoms with E-state index in [-0.39, 0.29) is 0 Å². The molecular formula is C12H13BrN2OS. The SMILES string of the molecule is Cc1csc(COc2ccc(Br)cc2CN)n1. The molecule has 0 spiro atoms. The summed E-state index contributed by atoms with van der Waals surface area (Å²) in [6.45, 7) is 2.93. The summed E-state index contributed by atoms with van der Waals surface area (Å²) in [4.78, 5) is 4.35. The highest BCUT2D eigenvalue weighted by molar-refractivity contribution is 9.10. The van der Waals surface area contributed by atoms with Crippen LogP contribution in [0.4, 0.5) is 0 Å². The lowest BCUT2D eigenvalue weighted by Gasteiger charge is -2.09. The first-order chi connectivity index (χ1) is 8.19. The Labute approximate surface area is 113 Å². The average Bonchev–Trinajstić information content (AvgIpc) is 2.73. The summed E-state index contributed by atoms with van der Waals surface area (Å²) in [5.74, 6) is 0.823. The van der Waals surface area contributed by atoms with Gasteiger partial charge in [0.1, 0.15) is 17.4 Å². The lowest BCUT2D eigenvalue weighted by molar-refractivity contribution is 0.302. The molecule has 1 aromatic carbocycles. The molecule has 0 radical (unpaired) electrons. The molecule has 0 aliphatic carbocycles. The van der Waals surface area contributed by atoms with E-state index in [0.717, 1.165) is 26.5 Å². The number of rotatable bonds is 4. The van der Waals surface area contributed by atoms with Gasteiger partial charge in [-0.25, -0.2) is 4.98 Å². The molecule has 1 heterocycles. The van der Waals surface area contributed by atoms with Crippen LogP contribution in [-0.2, 0) is 13.2 Å². The van der Waals surface area contributed by atoms with Gasteiger partial charge in [-0.05, 0) is 25.1 Å². The zero-order chi connectivity index (χ0) is 12.3. The fraction of sp³-hybridized carbons (Fsp3) is 0.250. The third-order valence-electron chi connectivity index (χ3n) is 2.26. The van der Waals surface area contributed by atoms with E-state index in [9.17, 15) is 0 Å². The van der Waals surface area contributed by atoms with Crippen LogP contribution < -0.4 is 10.5 Å². The van der Waals surface area contributed by atoms with Gasteiger partial charge in [-0.3, -0.25) is 0 Å². The molecule has 0 fully saturated rings. The van der Waals surface area contributed by atoms with E-state index in [1.54, 1.807) is 11.3 Å². The van der Waals surface area contributed by atoms with Gasteiger partial charge in [0.25, 0.3) is 0 Å². The molecular weight excluding hydrogens is 300 g/mol. The van der Waals surface area contributed by atoms with Gasteiger partial charge in [-0.1, -0.05) is 15.9 Å². The number of halogens is 1. The Hall–Kier alpha value is -0.910. The Balaban J connectivity index is 2.08. The third-order valence-corrected chi connectivity index (χ3v) is 3.69. The molecule has 3 nitrogen and oxygen atoms in total. The Kier molecular flexibility index (Phi) is 4.15. The van der Waals surface area contributed by atoms with Gasteiger partial charge in [-0.2, -0.15) is 0 Å². The Morgan fingerprint density at radius 2 is 2.29 bits per heavy atom. The molecule has 0 unspecified atom stereocenters. The average molecular weight is 313 g/mol. The molecule has 0 aliphatic rings. The van der Waals surface area contributed by atoms with Crippen LogP contribution >= 0.6 is 27.3 Å². The second-order valence-corrected chi connectivity index (χ2v) is 5.49. The smallest absolute Gasteiger partial charge is 0.140 e. The van der Waals surface area contributed by atoms with Crippen molar-refractivity contribution < 1.29 is 4.74 Å². The Morgan fingerprint density at radius 3 is 2.94 bits per heavy atom. The molecule has 0 atom stereocenters. The summed E-state index contributed by atoms with van der Waals surface area (Å²) in [5, 5.41) is 3.00. The number of aryl methyl sites for hydroxylation is 1. The van der Waals surface area contributed by atoms with Crippen molar-refractivity contribution >= 4 is 27.3 Å². The lowest BCUT2D eigenvalue weighted by Crippen LogP contribution is -2.02. The summed E-state index contributed by atoms with van der Waals surface area (Å²) in [6.07, 6.45) is 0. The molecule has 2 N–H and O–H groups in total. The third kappa shape index (κ3) is 3.28. The summed E-state index contributed by atoms with van der Waals surface area (Å²) < 4.78 is 6.74. The summed E-state index contributed by atoms with van der Waals surface area (Å²) in [5.41, 5.74) is 7.70. The van der Waals surface area contributed by atoms with Gasteiger partial charge < -0.3 is 10.5 Å². The van der Waals surface area contributed by atoms with E-state index in [0.29, 0.717) is 13.2 Å². The van der Waals surface area contributed by atoms with Gasteiger partial charge in [0.05, 0.1) is 0 Å². The number of aromatic nitrogens is 1. The van der Waals surface area contributed by atoms with Crippen LogP contribution in [0.25, 0.3) is 0 Å². The van der Waals surface area contributed by atoms with Crippen LogP contribution in [0.2, 0.25) is 0 Å². The molecule has 2 rings (SSSR count). The van der Waals surface area contributed by atoms with Crippen molar-refractivity contribution in [1.82, 2.24) is 4.98 Å². The van der Waals surface area contributed by atoms with Crippen molar-refractivity contribution in [2.45, 2.75) is 20.1 Å². The molecule has 1 aromatic heterocycles. The van der Waals surface area contributed by atoms with Crippen molar-refractivity contribution in [3.8, 4) is 5.75 Å². The quantitative estimate of drug-likeness (QED) is 0.942. The summed E-state index contributed by atoms with van der Waals surface area (Å²) in [6, 6.07) is 5.84. The van der Waals surface area contributed by atoms with Gasteiger partial charge in [0.2, 0.25) is 0 Å². The monoisotopic (exact) mass is 312 g/mol. The minimum Gasteiger partial charge on any atom is -0.486 e. The fourth-order valence-electron chi connectivity index (χ4n) is 1.46. The van der Waals surface area contributed by atoms with Crippen molar-refractivity contribution in [2.24, 2.45) is 5.73 Å².